The van der Waals surface area contributed by atoms with Crippen LogP contribution in [0.4, 0.5) is 0 Å². The molecule has 0 saturated heterocycles. The van der Waals surface area contributed by atoms with Gasteiger partial charge in [0.15, 0.2) is 0 Å². The van der Waals surface area contributed by atoms with E-state index >= 15 is 0 Å². The van der Waals surface area contributed by atoms with E-state index in [1.54, 1.807) is 12.1 Å². The van der Waals surface area contributed by atoms with E-state index in [1.807, 2.05) is 42.5 Å². The molecule has 3 rings (SSSR count). The van der Waals surface area contributed by atoms with E-state index in [0.29, 0.717) is 11.3 Å². The quantitative estimate of drug-likeness (QED) is 0.0955. The van der Waals surface area contributed by atoms with Crippen LogP contribution >= 0.6 is 11.6 Å². The second-order valence-electron chi connectivity index (χ2n) is 10.5. The highest BCUT2D eigenvalue weighted by Crippen LogP contribution is 2.28. The lowest BCUT2D eigenvalue weighted by Gasteiger charge is -2.15. The van der Waals surface area contributed by atoms with Gasteiger partial charge in [-0.3, -0.25) is 0 Å². The zero-order valence-corrected chi connectivity index (χ0v) is 24.8. The highest BCUT2D eigenvalue weighted by atomic mass is 35.5. The second-order valence-corrected chi connectivity index (χ2v) is 10.9. The number of carbonyl (C=O) groups is 1. The van der Waals surface area contributed by atoms with Gasteiger partial charge < -0.3 is 9.47 Å². The second kappa shape index (κ2) is 17.0. The van der Waals surface area contributed by atoms with E-state index in [-0.39, 0.29) is 12.1 Å². The van der Waals surface area contributed by atoms with Crippen LogP contribution in [0.3, 0.4) is 0 Å². The lowest BCUT2D eigenvalue weighted by molar-refractivity contribution is 0.0734. The number of unbranched alkanes of at least 4 members (excludes halogenated alkanes) is 8. The first kappa shape index (κ1) is 30.8. The van der Waals surface area contributed by atoms with E-state index < -0.39 is 0 Å². The minimum Gasteiger partial charge on any atom is -0.491 e. The Morgan fingerprint density at radius 1 is 0.718 bits per heavy atom. The maximum Gasteiger partial charge on any atom is 0.343 e. The molecule has 3 aromatic carbocycles. The zero-order valence-electron chi connectivity index (χ0n) is 24.0. The number of esters is 1. The Bertz CT molecular complexity index is 1120. The molecule has 0 bridgehead atoms. The van der Waals surface area contributed by atoms with Crippen LogP contribution in [-0.2, 0) is 6.42 Å². The highest BCUT2D eigenvalue weighted by Gasteiger charge is 2.11. The van der Waals surface area contributed by atoms with E-state index in [4.69, 9.17) is 21.1 Å². The molecule has 39 heavy (non-hydrogen) atoms. The fraction of sp³-hybridized carbons (Fsp3) is 0.457. The Hall–Kier alpha value is -2.78. The molecule has 0 fully saturated rings. The van der Waals surface area contributed by atoms with Gasteiger partial charge >= 0.3 is 5.97 Å². The van der Waals surface area contributed by atoms with Gasteiger partial charge in [-0.1, -0.05) is 101 Å². The van der Waals surface area contributed by atoms with Crippen molar-refractivity contribution in [3.05, 3.63) is 82.9 Å². The van der Waals surface area contributed by atoms with Gasteiger partial charge in [0.2, 0.25) is 0 Å². The molecular formula is C35H45ClO3. The first-order chi connectivity index (χ1) is 19.0. The van der Waals surface area contributed by atoms with Gasteiger partial charge in [0.1, 0.15) is 11.5 Å². The molecule has 0 heterocycles. The molecule has 1 unspecified atom stereocenters. The SMILES string of the molecule is CCCCCCCCc1ccc(-c2ccc(OC(=O)c3ccc(OC(C)CCCCCC)cc3)cc2)cc1Cl. The molecule has 0 radical (unpaired) electrons. The van der Waals surface area contributed by atoms with E-state index in [9.17, 15) is 4.79 Å². The van der Waals surface area contributed by atoms with Gasteiger partial charge in [-0.05, 0) is 91.8 Å². The first-order valence-electron chi connectivity index (χ1n) is 14.9. The maximum absolute atomic E-state index is 12.7. The van der Waals surface area contributed by atoms with Crippen LogP contribution in [-0.4, -0.2) is 12.1 Å². The summed E-state index contributed by atoms with van der Waals surface area (Å²) in [6.45, 7) is 6.56. The average molecular weight is 549 g/mol. The lowest BCUT2D eigenvalue weighted by Crippen LogP contribution is -2.12. The zero-order chi connectivity index (χ0) is 27.9. The van der Waals surface area contributed by atoms with Crippen molar-refractivity contribution < 1.29 is 14.3 Å². The minimum atomic E-state index is -0.385. The molecule has 0 saturated carbocycles. The number of rotatable bonds is 17. The van der Waals surface area contributed by atoms with Crippen molar-refractivity contribution >= 4 is 17.6 Å². The molecule has 0 aliphatic carbocycles. The third-order valence-corrected chi connectivity index (χ3v) is 7.49. The van der Waals surface area contributed by atoms with Crippen LogP contribution < -0.4 is 9.47 Å². The Labute approximate surface area is 240 Å². The Balaban J connectivity index is 1.48. The molecule has 0 spiro atoms. The Morgan fingerprint density at radius 2 is 1.31 bits per heavy atom. The standard InChI is InChI=1S/C35H45ClO3/c1-4-6-8-10-11-13-15-29-16-17-31(26-34(29)36)28-18-22-33(23-19-28)39-35(37)30-20-24-32(25-21-30)38-27(3)14-12-9-7-5-2/h16-27H,4-15H2,1-3H3. The number of carbonyl (C=O) groups excluding carboxylic acids is 1. The summed E-state index contributed by atoms with van der Waals surface area (Å²) >= 11 is 6.60. The van der Waals surface area contributed by atoms with Crippen molar-refractivity contribution in [3.63, 3.8) is 0 Å². The van der Waals surface area contributed by atoms with Crippen LogP contribution in [0.25, 0.3) is 11.1 Å². The van der Waals surface area contributed by atoms with Gasteiger partial charge in [-0.25, -0.2) is 4.79 Å². The number of aryl methyl sites for hydroxylation is 1. The molecule has 210 valence electrons. The predicted molar refractivity (Wildman–Crippen MR) is 164 cm³/mol. The Kier molecular flexibility index (Phi) is 13.4. The van der Waals surface area contributed by atoms with Crippen LogP contribution in [0.1, 0.15) is 107 Å². The van der Waals surface area contributed by atoms with E-state index in [2.05, 4.69) is 32.9 Å². The van der Waals surface area contributed by atoms with Crippen molar-refractivity contribution in [2.45, 2.75) is 104 Å². The largest absolute Gasteiger partial charge is 0.491 e. The molecule has 3 nitrogen and oxygen atoms in total. The summed E-state index contributed by atoms with van der Waals surface area (Å²) < 4.78 is 11.6. The molecule has 4 heteroatoms. The number of ether oxygens (including phenoxy) is 2. The molecule has 0 amide bonds. The lowest BCUT2D eigenvalue weighted by atomic mass is 10.0. The number of halogens is 1. The van der Waals surface area contributed by atoms with Crippen molar-refractivity contribution in [1.29, 1.82) is 0 Å². The summed E-state index contributed by atoms with van der Waals surface area (Å²) in [5.74, 6) is 0.898. The molecule has 0 aliphatic rings. The first-order valence-corrected chi connectivity index (χ1v) is 15.3. The third kappa shape index (κ3) is 10.7. The van der Waals surface area contributed by atoms with E-state index in [0.717, 1.165) is 34.7 Å². The molecular weight excluding hydrogens is 504 g/mol. The minimum absolute atomic E-state index is 0.157. The predicted octanol–water partition coefficient (Wildman–Crippen LogP) is 10.9. The monoisotopic (exact) mass is 548 g/mol. The topological polar surface area (TPSA) is 35.5 Å². The molecule has 0 N–H and O–H groups in total. The van der Waals surface area contributed by atoms with Crippen LogP contribution in [0.5, 0.6) is 11.5 Å². The fourth-order valence-corrected chi connectivity index (χ4v) is 5.00. The summed E-state index contributed by atoms with van der Waals surface area (Å²) in [6, 6.07) is 21.0. The molecule has 3 aromatic rings. The third-order valence-electron chi connectivity index (χ3n) is 7.14. The normalized spacial score (nSPS) is 11.8. The molecule has 0 aromatic heterocycles. The number of hydrogen-bond donors (Lipinski definition) is 0. The summed E-state index contributed by atoms with van der Waals surface area (Å²) in [5.41, 5.74) is 3.79. The van der Waals surface area contributed by atoms with Crippen LogP contribution in [0.15, 0.2) is 66.7 Å². The number of hydrogen-bond acceptors (Lipinski definition) is 3. The maximum atomic E-state index is 12.7. The molecule has 0 aliphatic heterocycles. The van der Waals surface area contributed by atoms with Crippen molar-refractivity contribution in [1.82, 2.24) is 0 Å². The summed E-state index contributed by atoms with van der Waals surface area (Å²) in [4.78, 5) is 12.7. The fourth-order valence-electron chi connectivity index (χ4n) is 4.73. The van der Waals surface area contributed by atoms with Gasteiger partial charge in [-0.2, -0.15) is 0 Å². The Morgan fingerprint density at radius 3 is 1.97 bits per heavy atom. The summed E-state index contributed by atoms with van der Waals surface area (Å²) in [6.07, 6.45) is 14.8. The van der Waals surface area contributed by atoms with Gasteiger partial charge in [0.25, 0.3) is 0 Å². The van der Waals surface area contributed by atoms with Crippen LogP contribution in [0.2, 0.25) is 5.02 Å². The van der Waals surface area contributed by atoms with Gasteiger partial charge in [-0.15, -0.1) is 0 Å². The highest BCUT2D eigenvalue weighted by molar-refractivity contribution is 6.31. The van der Waals surface area contributed by atoms with Crippen LogP contribution in [0, 0.1) is 0 Å². The van der Waals surface area contributed by atoms with Crippen molar-refractivity contribution in [2.75, 3.05) is 0 Å². The van der Waals surface area contributed by atoms with Gasteiger partial charge in [0, 0.05) is 5.02 Å². The van der Waals surface area contributed by atoms with Crippen molar-refractivity contribution in [3.8, 4) is 22.6 Å². The number of benzene rings is 3. The van der Waals surface area contributed by atoms with Crippen molar-refractivity contribution in [2.24, 2.45) is 0 Å². The summed E-state index contributed by atoms with van der Waals surface area (Å²) in [7, 11) is 0. The summed E-state index contributed by atoms with van der Waals surface area (Å²) in [5, 5.41) is 0.815. The van der Waals surface area contributed by atoms with E-state index in [1.165, 1.54) is 69.8 Å². The average Bonchev–Trinajstić information content (AvgIpc) is 2.94. The van der Waals surface area contributed by atoms with Gasteiger partial charge in [0.05, 0.1) is 11.7 Å². The molecule has 1 atom stereocenters. The smallest absolute Gasteiger partial charge is 0.343 e.